The average Bonchev–Trinajstić information content (AvgIpc) is 2.69. The second-order valence-electron chi connectivity index (χ2n) is 7.25. The number of hydrogen-bond acceptors (Lipinski definition) is 3. The van der Waals surface area contributed by atoms with Crippen LogP contribution in [-0.2, 0) is 16.0 Å². The van der Waals surface area contributed by atoms with E-state index in [1.807, 2.05) is 67.3 Å². The standard InChI is InChI=1S/C22H26BrN3O2/c1-16-6-8-18(9-7-16)14-21(27)26-12-10-25(11-13-26)17(2)22(28)24-20-5-3-4-19(23)15-20/h3-9,15,17H,10-14H2,1-2H3,(H,24,28). The zero-order valence-electron chi connectivity index (χ0n) is 16.3. The van der Waals surface area contributed by atoms with Crippen LogP contribution in [0.5, 0.6) is 0 Å². The van der Waals surface area contributed by atoms with Crippen LogP contribution in [0, 0.1) is 6.92 Å². The Balaban J connectivity index is 1.49. The minimum atomic E-state index is -0.242. The molecule has 1 aliphatic rings. The third-order valence-corrected chi connectivity index (χ3v) is 5.66. The number of hydrogen-bond donors (Lipinski definition) is 1. The van der Waals surface area contributed by atoms with Gasteiger partial charge in [0.1, 0.15) is 0 Å². The summed E-state index contributed by atoms with van der Waals surface area (Å²) in [6, 6.07) is 15.4. The number of nitrogens with one attached hydrogen (secondary N) is 1. The summed E-state index contributed by atoms with van der Waals surface area (Å²) >= 11 is 3.41. The van der Waals surface area contributed by atoms with Crippen LogP contribution in [0.2, 0.25) is 0 Å². The molecular formula is C22H26BrN3O2. The van der Waals surface area contributed by atoms with Crippen molar-refractivity contribution in [3.8, 4) is 0 Å². The molecule has 0 aromatic heterocycles. The predicted octanol–water partition coefficient (Wildman–Crippen LogP) is 3.47. The van der Waals surface area contributed by atoms with Crippen molar-refractivity contribution in [2.75, 3.05) is 31.5 Å². The first kappa shape index (κ1) is 20.6. The zero-order chi connectivity index (χ0) is 20.1. The van der Waals surface area contributed by atoms with E-state index in [0.29, 0.717) is 32.6 Å². The molecule has 2 aromatic carbocycles. The number of halogens is 1. The fraction of sp³-hybridized carbons (Fsp3) is 0.364. The van der Waals surface area contributed by atoms with Gasteiger partial charge in [-0.25, -0.2) is 0 Å². The van der Waals surface area contributed by atoms with Crippen LogP contribution < -0.4 is 5.32 Å². The largest absolute Gasteiger partial charge is 0.340 e. The molecule has 1 heterocycles. The molecule has 2 amide bonds. The SMILES string of the molecule is Cc1ccc(CC(=O)N2CCN(C(C)C(=O)Nc3cccc(Br)c3)CC2)cc1. The van der Waals surface area contributed by atoms with Crippen LogP contribution in [0.4, 0.5) is 5.69 Å². The third-order valence-electron chi connectivity index (χ3n) is 5.16. The molecule has 6 heteroatoms. The van der Waals surface area contributed by atoms with Gasteiger partial charge in [0.25, 0.3) is 0 Å². The van der Waals surface area contributed by atoms with Crippen molar-refractivity contribution in [2.45, 2.75) is 26.3 Å². The van der Waals surface area contributed by atoms with E-state index >= 15 is 0 Å². The monoisotopic (exact) mass is 443 g/mol. The van der Waals surface area contributed by atoms with Gasteiger partial charge in [0, 0.05) is 36.3 Å². The van der Waals surface area contributed by atoms with Crippen molar-refractivity contribution in [2.24, 2.45) is 0 Å². The molecule has 0 bridgehead atoms. The number of rotatable bonds is 5. The summed E-state index contributed by atoms with van der Waals surface area (Å²) in [5, 5.41) is 2.96. The van der Waals surface area contributed by atoms with Crippen molar-refractivity contribution < 1.29 is 9.59 Å². The predicted molar refractivity (Wildman–Crippen MR) is 115 cm³/mol. The molecule has 0 radical (unpaired) electrons. The summed E-state index contributed by atoms with van der Waals surface area (Å²) in [5.74, 6) is 0.118. The smallest absolute Gasteiger partial charge is 0.241 e. The van der Waals surface area contributed by atoms with Gasteiger partial charge in [0.2, 0.25) is 11.8 Å². The highest BCUT2D eigenvalue weighted by Crippen LogP contribution is 2.17. The number of piperazine rings is 1. The van der Waals surface area contributed by atoms with Crippen molar-refractivity contribution in [1.82, 2.24) is 9.80 Å². The number of nitrogens with zero attached hydrogens (tertiary/aromatic N) is 2. The van der Waals surface area contributed by atoms with Crippen LogP contribution in [0.25, 0.3) is 0 Å². The lowest BCUT2D eigenvalue weighted by molar-refractivity contribution is -0.133. The lowest BCUT2D eigenvalue weighted by Crippen LogP contribution is -2.54. The summed E-state index contributed by atoms with van der Waals surface area (Å²) in [6.07, 6.45) is 0.430. The molecule has 1 fully saturated rings. The second kappa shape index (κ2) is 9.34. The van der Waals surface area contributed by atoms with E-state index in [9.17, 15) is 9.59 Å². The molecule has 0 aliphatic carbocycles. The number of anilines is 1. The fourth-order valence-electron chi connectivity index (χ4n) is 3.33. The number of amides is 2. The molecule has 3 rings (SSSR count). The van der Waals surface area contributed by atoms with Crippen molar-refractivity contribution in [1.29, 1.82) is 0 Å². The summed E-state index contributed by atoms with van der Waals surface area (Å²) < 4.78 is 0.929. The molecular weight excluding hydrogens is 418 g/mol. The Morgan fingerprint density at radius 1 is 1.07 bits per heavy atom. The fourth-order valence-corrected chi connectivity index (χ4v) is 3.73. The number of carbonyl (C=O) groups is 2. The number of benzene rings is 2. The molecule has 148 valence electrons. The molecule has 1 unspecified atom stereocenters. The second-order valence-corrected chi connectivity index (χ2v) is 8.17. The average molecular weight is 444 g/mol. The van der Waals surface area contributed by atoms with Crippen LogP contribution in [0.3, 0.4) is 0 Å². The topological polar surface area (TPSA) is 52.7 Å². The Hall–Kier alpha value is -2.18. The Bertz CT molecular complexity index is 830. The summed E-state index contributed by atoms with van der Waals surface area (Å²) in [7, 11) is 0. The van der Waals surface area contributed by atoms with Gasteiger partial charge in [0.15, 0.2) is 0 Å². The van der Waals surface area contributed by atoms with E-state index in [2.05, 4.69) is 26.1 Å². The van der Waals surface area contributed by atoms with E-state index in [1.54, 1.807) is 0 Å². The molecule has 5 nitrogen and oxygen atoms in total. The maximum atomic E-state index is 12.6. The van der Waals surface area contributed by atoms with E-state index in [1.165, 1.54) is 5.56 Å². The molecule has 0 spiro atoms. The molecule has 2 aromatic rings. The van der Waals surface area contributed by atoms with Crippen LogP contribution in [0.1, 0.15) is 18.1 Å². The van der Waals surface area contributed by atoms with E-state index in [0.717, 1.165) is 15.7 Å². The highest BCUT2D eigenvalue weighted by Gasteiger charge is 2.27. The van der Waals surface area contributed by atoms with E-state index in [4.69, 9.17) is 0 Å². The van der Waals surface area contributed by atoms with Crippen molar-refractivity contribution in [3.05, 3.63) is 64.1 Å². The molecule has 1 aliphatic heterocycles. The Labute approximate surface area is 174 Å². The van der Waals surface area contributed by atoms with Gasteiger partial charge in [-0.15, -0.1) is 0 Å². The van der Waals surface area contributed by atoms with Gasteiger partial charge in [-0.1, -0.05) is 51.8 Å². The quantitative estimate of drug-likeness (QED) is 0.769. The van der Waals surface area contributed by atoms with Gasteiger partial charge in [-0.05, 0) is 37.6 Å². The highest BCUT2D eigenvalue weighted by atomic mass is 79.9. The maximum Gasteiger partial charge on any atom is 0.241 e. The Morgan fingerprint density at radius 3 is 2.39 bits per heavy atom. The minimum absolute atomic E-state index is 0.0301. The molecule has 28 heavy (non-hydrogen) atoms. The van der Waals surface area contributed by atoms with Gasteiger partial charge >= 0.3 is 0 Å². The molecule has 1 N–H and O–H groups in total. The first-order valence-corrected chi connectivity index (χ1v) is 10.4. The third kappa shape index (κ3) is 5.42. The zero-order valence-corrected chi connectivity index (χ0v) is 17.9. The molecule has 0 saturated carbocycles. The number of aryl methyl sites for hydroxylation is 1. The van der Waals surface area contributed by atoms with Crippen molar-refractivity contribution >= 4 is 33.4 Å². The van der Waals surface area contributed by atoms with Crippen LogP contribution in [0.15, 0.2) is 53.0 Å². The van der Waals surface area contributed by atoms with Crippen LogP contribution >= 0.6 is 15.9 Å². The maximum absolute atomic E-state index is 12.6. The summed E-state index contributed by atoms with van der Waals surface area (Å²) in [6.45, 7) is 6.66. The normalized spacial score (nSPS) is 15.9. The first-order chi connectivity index (χ1) is 13.4. The van der Waals surface area contributed by atoms with E-state index < -0.39 is 0 Å². The summed E-state index contributed by atoms with van der Waals surface area (Å²) in [5.41, 5.74) is 3.01. The van der Waals surface area contributed by atoms with Gasteiger partial charge < -0.3 is 10.2 Å². The number of carbonyl (C=O) groups excluding carboxylic acids is 2. The van der Waals surface area contributed by atoms with Gasteiger partial charge in [0.05, 0.1) is 12.5 Å². The molecule has 1 atom stereocenters. The molecule has 1 saturated heterocycles. The minimum Gasteiger partial charge on any atom is -0.340 e. The Morgan fingerprint density at radius 2 is 1.75 bits per heavy atom. The Kier molecular flexibility index (Phi) is 6.86. The van der Waals surface area contributed by atoms with Crippen LogP contribution in [-0.4, -0.2) is 53.8 Å². The van der Waals surface area contributed by atoms with Gasteiger partial charge in [-0.3, -0.25) is 14.5 Å². The highest BCUT2D eigenvalue weighted by molar-refractivity contribution is 9.10. The summed E-state index contributed by atoms with van der Waals surface area (Å²) in [4.78, 5) is 29.1. The van der Waals surface area contributed by atoms with Gasteiger partial charge in [-0.2, -0.15) is 0 Å². The van der Waals surface area contributed by atoms with E-state index in [-0.39, 0.29) is 17.9 Å². The lowest BCUT2D eigenvalue weighted by atomic mass is 10.1. The van der Waals surface area contributed by atoms with Crippen molar-refractivity contribution in [3.63, 3.8) is 0 Å². The first-order valence-electron chi connectivity index (χ1n) is 9.56. The lowest BCUT2D eigenvalue weighted by Gasteiger charge is -2.37.